The zero-order chi connectivity index (χ0) is 12.2. The summed E-state index contributed by atoms with van der Waals surface area (Å²) in [5.41, 5.74) is 1.03. The van der Waals surface area contributed by atoms with Gasteiger partial charge in [0.2, 0.25) is 0 Å². The molecule has 0 heterocycles. The van der Waals surface area contributed by atoms with E-state index in [-0.39, 0.29) is 11.0 Å². The van der Waals surface area contributed by atoms with E-state index in [4.69, 9.17) is 15.4 Å². The van der Waals surface area contributed by atoms with E-state index in [0.717, 1.165) is 12.0 Å². The largest absolute Gasteiger partial charge is 0.378 e. The highest BCUT2D eigenvalue weighted by molar-refractivity contribution is 8.13. The molecule has 0 amide bonds. The van der Waals surface area contributed by atoms with Crippen molar-refractivity contribution in [3.8, 4) is 0 Å². The number of rotatable bonds is 5. The molecule has 0 saturated heterocycles. The minimum Gasteiger partial charge on any atom is -0.378 e. The van der Waals surface area contributed by atoms with Gasteiger partial charge in [0.15, 0.2) is 0 Å². The molecule has 0 unspecified atom stereocenters. The molecule has 0 aliphatic rings. The molecule has 3 nitrogen and oxygen atoms in total. The maximum absolute atomic E-state index is 11.0. The molecule has 0 aliphatic carbocycles. The summed E-state index contributed by atoms with van der Waals surface area (Å²) in [6, 6.07) is 6.51. The molecule has 0 fully saturated rings. The fraction of sp³-hybridized carbons (Fsp3) is 0.455. The van der Waals surface area contributed by atoms with Crippen LogP contribution in [0.5, 0.6) is 0 Å². The van der Waals surface area contributed by atoms with Crippen LogP contribution in [-0.2, 0) is 20.2 Å². The second-order valence-corrected chi connectivity index (χ2v) is 6.32. The van der Waals surface area contributed by atoms with Crippen LogP contribution in [0.2, 0.25) is 0 Å². The Balaban J connectivity index is 2.59. The van der Waals surface area contributed by atoms with E-state index in [0.29, 0.717) is 6.61 Å². The van der Waals surface area contributed by atoms with E-state index in [1.54, 1.807) is 12.1 Å². The SMILES string of the molecule is CC(C)OCCc1ccc(S(=O)(=O)Cl)cc1. The summed E-state index contributed by atoms with van der Waals surface area (Å²) in [6.45, 7) is 4.58. The van der Waals surface area contributed by atoms with Crippen molar-refractivity contribution in [1.82, 2.24) is 0 Å². The minimum atomic E-state index is -3.61. The Bertz CT molecular complexity index is 423. The second kappa shape index (κ2) is 5.66. The predicted octanol–water partition coefficient (Wildman–Crippen LogP) is 2.58. The Labute approximate surface area is 101 Å². The summed E-state index contributed by atoms with van der Waals surface area (Å²) in [7, 11) is 1.59. The van der Waals surface area contributed by atoms with Crippen molar-refractivity contribution in [1.29, 1.82) is 0 Å². The fourth-order valence-electron chi connectivity index (χ4n) is 1.23. The van der Waals surface area contributed by atoms with Crippen LogP contribution in [0, 0.1) is 0 Å². The van der Waals surface area contributed by atoms with Crippen molar-refractivity contribution >= 4 is 19.7 Å². The maximum Gasteiger partial charge on any atom is 0.261 e. The van der Waals surface area contributed by atoms with E-state index in [9.17, 15) is 8.42 Å². The van der Waals surface area contributed by atoms with Crippen molar-refractivity contribution in [2.75, 3.05) is 6.61 Å². The monoisotopic (exact) mass is 262 g/mol. The van der Waals surface area contributed by atoms with Gasteiger partial charge in [-0.15, -0.1) is 0 Å². The first kappa shape index (κ1) is 13.5. The van der Waals surface area contributed by atoms with E-state index in [2.05, 4.69) is 0 Å². The molecule has 0 aliphatic heterocycles. The number of halogens is 1. The minimum absolute atomic E-state index is 0.127. The average molecular weight is 263 g/mol. The number of ether oxygens (including phenoxy) is 1. The van der Waals surface area contributed by atoms with Crippen molar-refractivity contribution in [2.45, 2.75) is 31.3 Å². The van der Waals surface area contributed by atoms with E-state index in [1.165, 1.54) is 12.1 Å². The average Bonchev–Trinajstić information content (AvgIpc) is 2.16. The third-order valence-corrected chi connectivity index (χ3v) is 3.42. The van der Waals surface area contributed by atoms with Gasteiger partial charge in [-0.3, -0.25) is 0 Å². The molecular formula is C11H15ClO3S. The van der Waals surface area contributed by atoms with Gasteiger partial charge in [0.1, 0.15) is 0 Å². The summed E-state index contributed by atoms with van der Waals surface area (Å²) in [5.74, 6) is 0. The second-order valence-electron chi connectivity index (χ2n) is 3.75. The highest BCUT2D eigenvalue weighted by Gasteiger charge is 2.08. The normalized spacial score (nSPS) is 12.0. The van der Waals surface area contributed by atoms with Crippen molar-refractivity contribution in [3.05, 3.63) is 29.8 Å². The van der Waals surface area contributed by atoms with Crippen LogP contribution in [-0.4, -0.2) is 21.1 Å². The Hall–Kier alpha value is -0.580. The summed E-state index contributed by atoms with van der Waals surface area (Å²) >= 11 is 0. The maximum atomic E-state index is 11.0. The van der Waals surface area contributed by atoms with E-state index in [1.807, 2.05) is 13.8 Å². The van der Waals surface area contributed by atoms with Crippen LogP contribution in [0.4, 0.5) is 0 Å². The molecule has 0 spiro atoms. The first-order valence-corrected chi connectivity index (χ1v) is 7.36. The Morgan fingerprint density at radius 1 is 1.25 bits per heavy atom. The molecular weight excluding hydrogens is 248 g/mol. The Morgan fingerprint density at radius 3 is 2.25 bits per heavy atom. The van der Waals surface area contributed by atoms with Gasteiger partial charge in [-0.05, 0) is 38.0 Å². The molecule has 0 saturated carbocycles. The molecule has 90 valence electrons. The van der Waals surface area contributed by atoms with Gasteiger partial charge in [-0.25, -0.2) is 8.42 Å². The van der Waals surface area contributed by atoms with Gasteiger partial charge in [-0.1, -0.05) is 12.1 Å². The van der Waals surface area contributed by atoms with Crippen LogP contribution >= 0.6 is 10.7 Å². The van der Waals surface area contributed by atoms with E-state index >= 15 is 0 Å². The lowest BCUT2D eigenvalue weighted by Crippen LogP contribution is -2.06. The molecule has 1 aromatic rings. The van der Waals surface area contributed by atoms with Crippen LogP contribution in [0.1, 0.15) is 19.4 Å². The molecule has 1 rings (SSSR count). The van der Waals surface area contributed by atoms with Gasteiger partial charge in [-0.2, -0.15) is 0 Å². The summed E-state index contributed by atoms with van der Waals surface area (Å²) in [6.07, 6.45) is 0.975. The van der Waals surface area contributed by atoms with Gasteiger partial charge < -0.3 is 4.74 Å². The first-order valence-electron chi connectivity index (χ1n) is 5.05. The van der Waals surface area contributed by atoms with Crippen LogP contribution in [0.25, 0.3) is 0 Å². The van der Waals surface area contributed by atoms with Crippen LogP contribution < -0.4 is 0 Å². The molecule has 0 N–H and O–H groups in total. The molecule has 0 aromatic heterocycles. The lowest BCUT2D eigenvalue weighted by atomic mass is 10.2. The number of hydrogen-bond acceptors (Lipinski definition) is 3. The Morgan fingerprint density at radius 2 is 1.81 bits per heavy atom. The van der Waals surface area contributed by atoms with Gasteiger partial charge in [0.25, 0.3) is 9.05 Å². The van der Waals surface area contributed by atoms with Crippen molar-refractivity contribution < 1.29 is 13.2 Å². The van der Waals surface area contributed by atoms with Crippen molar-refractivity contribution in [3.63, 3.8) is 0 Å². The first-order chi connectivity index (χ1) is 7.39. The summed E-state index contributed by atoms with van der Waals surface area (Å²) < 4.78 is 27.4. The zero-order valence-corrected chi connectivity index (χ0v) is 10.9. The highest BCUT2D eigenvalue weighted by atomic mass is 35.7. The standard InChI is InChI=1S/C11H15ClO3S/c1-9(2)15-8-7-10-3-5-11(6-4-10)16(12,13)14/h3-6,9H,7-8H2,1-2H3. The predicted molar refractivity (Wildman–Crippen MR) is 64.3 cm³/mol. The van der Waals surface area contributed by atoms with Gasteiger partial charge in [0.05, 0.1) is 17.6 Å². The highest BCUT2D eigenvalue weighted by Crippen LogP contribution is 2.15. The molecule has 0 radical (unpaired) electrons. The summed E-state index contributed by atoms with van der Waals surface area (Å²) in [4.78, 5) is 0.127. The molecule has 0 atom stereocenters. The molecule has 0 bridgehead atoms. The van der Waals surface area contributed by atoms with Crippen LogP contribution in [0.15, 0.2) is 29.2 Å². The topological polar surface area (TPSA) is 43.4 Å². The quantitative estimate of drug-likeness (QED) is 0.766. The number of benzene rings is 1. The molecule has 1 aromatic carbocycles. The smallest absolute Gasteiger partial charge is 0.261 e. The fourth-order valence-corrected chi connectivity index (χ4v) is 2.00. The lowest BCUT2D eigenvalue weighted by molar-refractivity contribution is 0.0813. The third kappa shape index (κ3) is 4.51. The lowest BCUT2D eigenvalue weighted by Gasteiger charge is -2.07. The Kier molecular flexibility index (Phi) is 4.77. The van der Waals surface area contributed by atoms with Crippen molar-refractivity contribution in [2.24, 2.45) is 0 Å². The summed E-state index contributed by atoms with van der Waals surface area (Å²) in [5, 5.41) is 0. The molecule has 5 heteroatoms. The van der Waals surface area contributed by atoms with E-state index < -0.39 is 9.05 Å². The van der Waals surface area contributed by atoms with Gasteiger partial charge >= 0.3 is 0 Å². The van der Waals surface area contributed by atoms with Gasteiger partial charge in [0, 0.05) is 10.7 Å². The molecule has 16 heavy (non-hydrogen) atoms. The number of hydrogen-bond donors (Lipinski definition) is 0. The zero-order valence-electron chi connectivity index (χ0n) is 9.31. The van der Waals surface area contributed by atoms with Crippen LogP contribution in [0.3, 0.4) is 0 Å². The third-order valence-electron chi connectivity index (χ3n) is 2.05.